The summed E-state index contributed by atoms with van der Waals surface area (Å²) in [4.78, 5) is 10.9. The Kier molecular flexibility index (Phi) is 3.24. The smallest absolute Gasteiger partial charge is 0.150 e. The molecule has 1 aromatic heterocycles. The molecule has 1 nitrogen and oxygen atoms in total. The van der Waals surface area contributed by atoms with Crippen LogP contribution in [0.4, 0.5) is 0 Å². The van der Waals surface area contributed by atoms with Crippen LogP contribution in [0.2, 0.25) is 5.02 Å². The summed E-state index contributed by atoms with van der Waals surface area (Å²) >= 11 is 10.9. The van der Waals surface area contributed by atoms with E-state index in [1.54, 1.807) is 23.5 Å². The van der Waals surface area contributed by atoms with Crippen molar-refractivity contribution >= 4 is 45.2 Å². The number of thiophene rings is 1. The van der Waals surface area contributed by atoms with E-state index in [9.17, 15) is 4.79 Å². The number of carbonyl (C=O) groups excluding carboxylic acids is 1. The average molecular weight is 302 g/mol. The second-order valence-corrected chi connectivity index (χ2v) is 5.02. The molecule has 1 aromatic carbocycles. The van der Waals surface area contributed by atoms with Crippen molar-refractivity contribution in [2.75, 3.05) is 0 Å². The fourth-order valence-electron chi connectivity index (χ4n) is 1.35. The normalized spacial score (nSPS) is 10.3. The van der Waals surface area contributed by atoms with Crippen molar-refractivity contribution < 1.29 is 4.79 Å². The van der Waals surface area contributed by atoms with Gasteiger partial charge in [-0.15, -0.1) is 0 Å². The van der Waals surface area contributed by atoms with Crippen molar-refractivity contribution in [3.05, 3.63) is 44.0 Å². The van der Waals surface area contributed by atoms with E-state index in [1.807, 2.05) is 16.8 Å². The molecule has 2 rings (SSSR count). The van der Waals surface area contributed by atoms with E-state index in [-0.39, 0.29) is 0 Å². The van der Waals surface area contributed by atoms with Crippen molar-refractivity contribution in [2.45, 2.75) is 0 Å². The number of hydrogen-bond acceptors (Lipinski definition) is 2. The van der Waals surface area contributed by atoms with Gasteiger partial charge in [0.15, 0.2) is 6.29 Å². The number of carbonyl (C=O) groups is 1. The Labute approximate surface area is 105 Å². The highest BCUT2D eigenvalue weighted by molar-refractivity contribution is 9.10. The maximum atomic E-state index is 10.9. The van der Waals surface area contributed by atoms with Gasteiger partial charge in [-0.2, -0.15) is 11.3 Å². The van der Waals surface area contributed by atoms with Crippen molar-refractivity contribution in [1.29, 1.82) is 0 Å². The van der Waals surface area contributed by atoms with E-state index in [4.69, 9.17) is 11.6 Å². The number of rotatable bonds is 2. The summed E-state index contributed by atoms with van der Waals surface area (Å²) in [6, 6.07) is 5.32. The number of benzene rings is 1. The molecule has 0 bridgehead atoms. The van der Waals surface area contributed by atoms with Gasteiger partial charge < -0.3 is 0 Å². The summed E-state index contributed by atoms with van der Waals surface area (Å²) < 4.78 is 0.998. The van der Waals surface area contributed by atoms with Gasteiger partial charge >= 0.3 is 0 Å². The minimum absolute atomic E-state index is 0.576. The van der Waals surface area contributed by atoms with Crippen LogP contribution in [0, 0.1) is 0 Å². The molecule has 1 heterocycles. The Morgan fingerprint density at radius 3 is 2.67 bits per heavy atom. The predicted octanol–water partition coefficient (Wildman–Crippen LogP) is 4.64. The van der Waals surface area contributed by atoms with E-state index >= 15 is 0 Å². The fraction of sp³-hybridized carbons (Fsp3) is 0. The molecule has 0 unspecified atom stereocenters. The first-order chi connectivity index (χ1) is 7.22. The largest absolute Gasteiger partial charge is 0.298 e. The molecule has 0 aliphatic rings. The first-order valence-electron chi connectivity index (χ1n) is 4.19. The van der Waals surface area contributed by atoms with Crippen LogP contribution in [0.25, 0.3) is 11.1 Å². The zero-order valence-corrected chi connectivity index (χ0v) is 10.7. The summed E-state index contributed by atoms with van der Waals surface area (Å²) in [5, 5.41) is 4.56. The third-order valence-electron chi connectivity index (χ3n) is 2.05. The third-order valence-corrected chi connectivity index (χ3v) is 3.98. The Bertz CT molecular complexity index is 507. The fourth-order valence-corrected chi connectivity index (χ4v) is 3.04. The van der Waals surface area contributed by atoms with E-state index < -0.39 is 0 Å². The monoisotopic (exact) mass is 300 g/mol. The van der Waals surface area contributed by atoms with Crippen LogP contribution in [-0.4, -0.2) is 6.29 Å². The highest BCUT2D eigenvalue weighted by Gasteiger charge is 2.09. The predicted molar refractivity (Wildman–Crippen MR) is 67.9 cm³/mol. The SMILES string of the molecule is O=Cc1cc(Cl)ccc1-c1cscc1Br. The van der Waals surface area contributed by atoms with Crippen LogP contribution in [-0.2, 0) is 0 Å². The quantitative estimate of drug-likeness (QED) is 0.738. The molecule has 0 spiro atoms. The molecule has 0 aliphatic carbocycles. The molecular formula is C11H6BrClOS. The Hall–Kier alpha value is -0.640. The lowest BCUT2D eigenvalue weighted by Gasteiger charge is -2.03. The van der Waals surface area contributed by atoms with Gasteiger partial charge in [-0.05, 0) is 39.0 Å². The Morgan fingerprint density at radius 1 is 1.27 bits per heavy atom. The first kappa shape index (κ1) is 10.9. The van der Waals surface area contributed by atoms with Crippen LogP contribution in [0.1, 0.15) is 10.4 Å². The molecule has 0 atom stereocenters. The minimum Gasteiger partial charge on any atom is -0.298 e. The van der Waals surface area contributed by atoms with Gasteiger partial charge in [-0.25, -0.2) is 0 Å². The van der Waals surface area contributed by atoms with Crippen LogP contribution in [0.3, 0.4) is 0 Å². The van der Waals surface area contributed by atoms with Crippen LogP contribution in [0.15, 0.2) is 33.4 Å². The molecule has 0 aliphatic heterocycles. The Balaban J connectivity index is 2.63. The molecule has 0 radical (unpaired) electrons. The first-order valence-corrected chi connectivity index (χ1v) is 6.30. The molecule has 76 valence electrons. The lowest BCUT2D eigenvalue weighted by molar-refractivity contribution is 0.112. The minimum atomic E-state index is 0.576. The molecule has 4 heteroatoms. The van der Waals surface area contributed by atoms with Crippen LogP contribution < -0.4 is 0 Å². The molecule has 0 fully saturated rings. The lowest BCUT2D eigenvalue weighted by Crippen LogP contribution is -1.86. The zero-order chi connectivity index (χ0) is 10.8. The lowest BCUT2D eigenvalue weighted by atomic mass is 10.0. The van der Waals surface area contributed by atoms with Crippen LogP contribution >= 0.6 is 38.9 Å². The highest BCUT2D eigenvalue weighted by Crippen LogP contribution is 2.34. The van der Waals surface area contributed by atoms with Gasteiger partial charge in [-0.3, -0.25) is 4.79 Å². The maximum Gasteiger partial charge on any atom is 0.150 e. The molecule has 2 aromatic rings. The van der Waals surface area contributed by atoms with Gasteiger partial charge in [0.25, 0.3) is 0 Å². The van der Waals surface area contributed by atoms with Gasteiger partial charge in [-0.1, -0.05) is 17.7 Å². The molecular weight excluding hydrogens is 296 g/mol. The zero-order valence-electron chi connectivity index (χ0n) is 7.54. The maximum absolute atomic E-state index is 10.9. The molecule has 0 saturated heterocycles. The Morgan fingerprint density at radius 2 is 2.07 bits per heavy atom. The molecule has 15 heavy (non-hydrogen) atoms. The summed E-state index contributed by atoms with van der Waals surface area (Å²) in [6.07, 6.45) is 0.825. The van der Waals surface area contributed by atoms with Crippen molar-refractivity contribution in [2.24, 2.45) is 0 Å². The van der Waals surface area contributed by atoms with Crippen molar-refractivity contribution in [3.63, 3.8) is 0 Å². The number of hydrogen-bond donors (Lipinski definition) is 0. The highest BCUT2D eigenvalue weighted by atomic mass is 79.9. The number of aldehydes is 1. The topological polar surface area (TPSA) is 17.1 Å². The average Bonchev–Trinajstić information content (AvgIpc) is 2.64. The molecule has 0 N–H and O–H groups in total. The van der Waals surface area contributed by atoms with Crippen LogP contribution in [0.5, 0.6) is 0 Å². The van der Waals surface area contributed by atoms with E-state index in [1.165, 1.54) is 0 Å². The van der Waals surface area contributed by atoms with Crippen molar-refractivity contribution in [3.8, 4) is 11.1 Å². The van der Waals surface area contributed by atoms with Gasteiger partial charge in [0.2, 0.25) is 0 Å². The van der Waals surface area contributed by atoms with Crippen molar-refractivity contribution in [1.82, 2.24) is 0 Å². The van der Waals surface area contributed by atoms with E-state index in [2.05, 4.69) is 15.9 Å². The second kappa shape index (κ2) is 4.47. The van der Waals surface area contributed by atoms with Gasteiger partial charge in [0, 0.05) is 26.0 Å². The van der Waals surface area contributed by atoms with E-state index in [0.717, 1.165) is 21.9 Å². The third kappa shape index (κ3) is 2.14. The summed E-state index contributed by atoms with van der Waals surface area (Å²) in [5.41, 5.74) is 2.54. The molecule has 0 amide bonds. The second-order valence-electron chi connectivity index (χ2n) is 2.98. The number of halogens is 2. The van der Waals surface area contributed by atoms with Gasteiger partial charge in [0.05, 0.1) is 0 Å². The van der Waals surface area contributed by atoms with Gasteiger partial charge in [0.1, 0.15) is 0 Å². The summed E-state index contributed by atoms with van der Waals surface area (Å²) in [5.74, 6) is 0. The standard InChI is InChI=1S/C11H6BrClOS/c12-11-6-15-5-10(11)9-2-1-8(13)3-7(9)4-14/h1-6H. The molecule has 0 saturated carbocycles. The van der Waals surface area contributed by atoms with E-state index in [0.29, 0.717) is 10.6 Å². The summed E-state index contributed by atoms with van der Waals surface area (Å²) in [7, 11) is 0. The summed E-state index contributed by atoms with van der Waals surface area (Å²) in [6.45, 7) is 0.